The van der Waals surface area contributed by atoms with Crippen molar-refractivity contribution >= 4 is 11.7 Å². The summed E-state index contributed by atoms with van der Waals surface area (Å²) in [6.07, 6.45) is 2.20. The fourth-order valence-electron chi connectivity index (χ4n) is 2.24. The summed E-state index contributed by atoms with van der Waals surface area (Å²) < 4.78 is 6.83. The third-order valence-corrected chi connectivity index (χ3v) is 3.44. The minimum atomic E-state index is -0.361. The molecule has 0 fully saturated rings. The van der Waals surface area contributed by atoms with Crippen LogP contribution in [0, 0.1) is 0 Å². The zero-order valence-corrected chi connectivity index (χ0v) is 12.8. The summed E-state index contributed by atoms with van der Waals surface area (Å²) in [5.41, 5.74) is 1.35. The summed E-state index contributed by atoms with van der Waals surface area (Å²) in [7, 11) is 1.72. The lowest BCUT2D eigenvalue weighted by Crippen LogP contribution is -2.18. The van der Waals surface area contributed by atoms with Gasteiger partial charge in [0.15, 0.2) is 5.76 Å². The van der Waals surface area contributed by atoms with Crippen molar-refractivity contribution in [2.75, 3.05) is 5.32 Å². The number of carbonyl (C=O) groups is 1. The largest absolute Gasteiger partial charge is 0.463 e. The number of rotatable bonds is 4. The summed E-state index contributed by atoms with van der Waals surface area (Å²) in [6, 6.07) is 8.21. The van der Waals surface area contributed by atoms with Gasteiger partial charge in [0.1, 0.15) is 11.5 Å². The highest BCUT2D eigenvalue weighted by Crippen LogP contribution is 2.21. The summed E-state index contributed by atoms with van der Waals surface area (Å²) in [5, 5.41) is 7.05. The fourth-order valence-corrected chi connectivity index (χ4v) is 2.24. The number of hydrogen-bond donors (Lipinski definition) is 2. The molecular weight excluding hydrogens is 296 g/mol. The van der Waals surface area contributed by atoms with Gasteiger partial charge in [0.2, 0.25) is 5.56 Å². The van der Waals surface area contributed by atoms with Crippen LogP contribution in [0.15, 0.2) is 45.8 Å². The number of anilines is 1. The van der Waals surface area contributed by atoms with Crippen LogP contribution in [0.4, 0.5) is 5.82 Å². The Kier molecular flexibility index (Phi) is 3.84. The second-order valence-corrected chi connectivity index (χ2v) is 5.08. The molecular formula is C16H16N4O3. The van der Waals surface area contributed by atoms with Crippen molar-refractivity contribution in [2.45, 2.75) is 13.3 Å². The highest BCUT2D eigenvalue weighted by atomic mass is 16.3. The fraction of sp³-hybridized carbons (Fsp3) is 0.188. The topological polar surface area (TPSA) is 92.9 Å². The molecule has 2 N–H and O–H groups in total. The van der Waals surface area contributed by atoms with Crippen molar-refractivity contribution in [1.29, 1.82) is 0 Å². The van der Waals surface area contributed by atoms with E-state index in [2.05, 4.69) is 15.4 Å². The number of H-pyrrole nitrogens is 1. The van der Waals surface area contributed by atoms with Crippen LogP contribution in [0.5, 0.6) is 0 Å². The average molecular weight is 312 g/mol. The van der Waals surface area contributed by atoms with E-state index in [1.165, 1.54) is 6.07 Å². The number of aryl methyl sites for hydroxylation is 2. The summed E-state index contributed by atoms with van der Waals surface area (Å²) in [4.78, 5) is 26.6. The lowest BCUT2D eigenvalue weighted by atomic mass is 10.2. The normalized spacial score (nSPS) is 10.7. The zero-order chi connectivity index (χ0) is 16.4. The number of aromatic nitrogens is 3. The quantitative estimate of drug-likeness (QED) is 0.772. The Morgan fingerprint density at radius 1 is 1.39 bits per heavy atom. The van der Waals surface area contributed by atoms with E-state index in [4.69, 9.17) is 4.42 Å². The van der Waals surface area contributed by atoms with Crippen LogP contribution in [-0.2, 0) is 13.5 Å². The third-order valence-electron chi connectivity index (χ3n) is 3.44. The molecule has 0 atom stereocenters. The Morgan fingerprint density at radius 3 is 2.91 bits per heavy atom. The van der Waals surface area contributed by atoms with Gasteiger partial charge in [0.05, 0.1) is 6.26 Å². The molecule has 0 aromatic carbocycles. The van der Waals surface area contributed by atoms with Crippen LogP contribution in [0.1, 0.15) is 23.0 Å². The van der Waals surface area contributed by atoms with E-state index >= 15 is 0 Å². The first kappa shape index (κ1) is 14.8. The molecule has 0 radical (unpaired) electrons. The lowest BCUT2D eigenvalue weighted by molar-refractivity contribution is 0.102. The number of carbonyl (C=O) groups excluding carboxylic acids is 1. The van der Waals surface area contributed by atoms with Gasteiger partial charge in [-0.3, -0.25) is 14.3 Å². The van der Waals surface area contributed by atoms with Crippen molar-refractivity contribution in [1.82, 2.24) is 14.8 Å². The second kappa shape index (κ2) is 5.96. The first-order valence-electron chi connectivity index (χ1n) is 7.19. The molecule has 0 bridgehead atoms. The first-order chi connectivity index (χ1) is 11.1. The summed E-state index contributed by atoms with van der Waals surface area (Å²) >= 11 is 0. The number of nitrogens with zero attached hydrogens (tertiary/aromatic N) is 2. The van der Waals surface area contributed by atoms with E-state index in [1.54, 1.807) is 42.3 Å². The van der Waals surface area contributed by atoms with Crippen LogP contribution in [-0.4, -0.2) is 20.7 Å². The van der Waals surface area contributed by atoms with Crippen molar-refractivity contribution in [3.05, 3.63) is 58.2 Å². The Balaban J connectivity index is 1.86. The molecule has 3 heterocycles. The molecule has 0 unspecified atom stereocenters. The van der Waals surface area contributed by atoms with Crippen molar-refractivity contribution < 1.29 is 9.21 Å². The van der Waals surface area contributed by atoms with Crippen LogP contribution in [0.3, 0.4) is 0 Å². The molecule has 3 aromatic heterocycles. The van der Waals surface area contributed by atoms with Crippen LogP contribution >= 0.6 is 0 Å². The van der Waals surface area contributed by atoms with Crippen LogP contribution < -0.4 is 10.9 Å². The van der Waals surface area contributed by atoms with Gasteiger partial charge in [0, 0.05) is 30.4 Å². The van der Waals surface area contributed by atoms with E-state index in [0.29, 0.717) is 35.0 Å². The predicted molar refractivity (Wildman–Crippen MR) is 85.3 cm³/mol. The molecule has 0 spiro atoms. The Bertz CT molecular complexity index is 890. The number of furan rings is 1. The van der Waals surface area contributed by atoms with Gasteiger partial charge in [-0.05, 0) is 24.6 Å². The molecule has 7 heteroatoms. The van der Waals surface area contributed by atoms with Gasteiger partial charge >= 0.3 is 0 Å². The van der Waals surface area contributed by atoms with Crippen molar-refractivity contribution in [3.63, 3.8) is 0 Å². The smallest absolute Gasteiger partial charge is 0.257 e. The van der Waals surface area contributed by atoms with Gasteiger partial charge < -0.3 is 14.7 Å². The number of pyridine rings is 1. The number of nitrogens with one attached hydrogen (secondary N) is 2. The molecule has 3 aromatic rings. The Labute approximate surface area is 131 Å². The van der Waals surface area contributed by atoms with Crippen molar-refractivity contribution in [3.8, 4) is 11.5 Å². The molecule has 0 aliphatic rings. The first-order valence-corrected chi connectivity index (χ1v) is 7.19. The molecule has 7 nitrogen and oxygen atoms in total. The maximum atomic E-state index is 12.4. The van der Waals surface area contributed by atoms with Gasteiger partial charge in [-0.15, -0.1) is 0 Å². The zero-order valence-electron chi connectivity index (χ0n) is 12.8. The standard InChI is InChI=1S/C16H16N4O3/c1-3-11-7-10(8-15(21)17-11)16(22)18-14-9-12(19-20(14)2)13-5-4-6-23-13/h4-9H,3H2,1-2H3,(H,17,21)(H,18,22). The predicted octanol–water partition coefficient (Wildman–Crippen LogP) is 2.18. The monoisotopic (exact) mass is 312 g/mol. The molecule has 23 heavy (non-hydrogen) atoms. The Morgan fingerprint density at radius 2 is 2.22 bits per heavy atom. The summed E-state index contributed by atoms with van der Waals surface area (Å²) in [6.45, 7) is 1.91. The van der Waals surface area contributed by atoms with E-state index in [1.807, 2.05) is 6.92 Å². The second-order valence-electron chi connectivity index (χ2n) is 5.08. The maximum Gasteiger partial charge on any atom is 0.257 e. The lowest BCUT2D eigenvalue weighted by Gasteiger charge is -2.06. The molecule has 0 saturated carbocycles. The third kappa shape index (κ3) is 3.08. The molecule has 0 saturated heterocycles. The highest BCUT2D eigenvalue weighted by Gasteiger charge is 2.14. The summed E-state index contributed by atoms with van der Waals surface area (Å²) in [5.74, 6) is 0.769. The van der Waals surface area contributed by atoms with Crippen LogP contribution in [0.25, 0.3) is 11.5 Å². The molecule has 118 valence electrons. The van der Waals surface area contributed by atoms with Crippen molar-refractivity contribution in [2.24, 2.45) is 7.05 Å². The minimum absolute atomic E-state index is 0.296. The molecule has 3 rings (SSSR count). The van der Waals surface area contributed by atoms with E-state index in [-0.39, 0.29) is 11.5 Å². The average Bonchev–Trinajstić information content (AvgIpc) is 3.17. The highest BCUT2D eigenvalue weighted by molar-refractivity contribution is 6.04. The van der Waals surface area contributed by atoms with E-state index in [0.717, 1.165) is 0 Å². The molecule has 0 aliphatic carbocycles. The number of amides is 1. The maximum absolute atomic E-state index is 12.4. The number of aromatic amines is 1. The van der Waals surface area contributed by atoms with E-state index < -0.39 is 0 Å². The van der Waals surface area contributed by atoms with Gasteiger partial charge in [-0.25, -0.2) is 0 Å². The van der Waals surface area contributed by atoms with E-state index in [9.17, 15) is 9.59 Å². The minimum Gasteiger partial charge on any atom is -0.463 e. The molecule has 1 amide bonds. The van der Waals surface area contributed by atoms with Gasteiger partial charge in [0.25, 0.3) is 5.91 Å². The Hall–Kier alpha value is -3.09. The number of hydrogen-bond acceptors (Lipinski definition) is 4. The van der Waals surface area contributed by atoms with Gasteiger partial charge in [-0.1, -0.05) is 6.92 Å². The SMILES string of the molecule is CCc1cc(C(=O)Nc2cc(-c3ccco3)nn2C)cc(=O)[nH]1. The van der Waals surface area contributed by atoms with Crippen LogP contribution in [0.2, 0.25) is 0 Å². The van der Waals surface area contributed by atoms with Gasteiger partial charge in [-0.2, -0.15) is 5.10 Å². The molecule has 0 aliphatic heterocycles.